The molecule has 1 unspecified atom stereocenters. The normalized spacial score (nSPS) is 11.5. The third-order valence-corrected chi connectivity index (χ3v) is 2.75. The van der Waals surface area contributed by atoms with Crippen LogP contribution in [0.25, 0.3) is 10.8 Å². The first-order chi connectivity index (χ1) is 9.24. The van der Waals surface area contributed by atoms with Crippen molar-refractivity contribution in [2.45, 2.75) is 12.5 Å². The molecule has 0 heterocycles. The molecule has 0 aliphatic rings. The van der Waals surface area contributed by atoms with E-state index in [0.717, 1.165) is 10.8 Å². The maximum Gasteiger partial charge on any atom is 0.311 e. The van der Waals surface area contributed by atoms with Gasteiger partial charge in [-0.1, -0.05) is 42.5 Å². The molecule has 2 aromatic carbocycles. The predicted octanol–water partition coefficient (Wildman–Crippen LogP) is 3.52. The first kappa shape index (κ1) is 12.8. The molecule has 0 aliphatic heterocycles. The summed E-state index contributed by atoms with van der Waals surface area (Å²) in [6, 6.07) is 15.4. The Balaban J connectivity index is 2.28. The van der Waals surface area contributed by atoms with Crippen LogP contribution in [-0.2, 0) is 9.53 Å². The molecular formula is C16H13NO2. The summed E-state index contributed by atoms with van der Waals surface area (Å²) in [5.41, 5.74) is 0.679. The molecule has 0 saturated carbocycles. The Hall–Kier alpha value is -2.60. The van der Waals surface area contributed by atoms with Gasteiger partial charge < -0.3 is 4.74 Å². The second-order valence-electron chi connectivity index (χ2n) is 4.10. The van der Waals surface area contributed by atoms with Crippen LogP contribution in [0.4, 0.5) is 0 Å². The number of hydrogen-bond donors (Lipinski definition) is 0. The SMILES string of the molecule is C=CCC(=O)OC(C#N)c1ccc2ccccc2c1. The quantitative estimate of drug-likeness (QED) is 0.617. The fraction of sp³-hybridized carbons (Fsp3) is 0.125. The standard InChI is InChI=1S/C16H13NO2/c1-2-5-16(18)19-15(11-17)14-9-8-12-6-3-4-7-13(12)10-14/h2-4,6-10,15H,1,5H2. The lowest BCUT2D eigenvalue weighted by Gasteiger charge is -2.11. The molecule has 0 N–H and O–H groups in total. The molecule has 2 aromatic rings. The van der Waals surface area contributed by atoms with Gasteiger partial charge in [0.15, 0.2) is 0 Å². The van der Waals surface area contributed by atoms with Crippen LogP contribution >= 0.6 is 0 Å². The van der Waals surface area contributed by atoms with E-state index in [0.29, 0.717) is 5.56 Å². The Morgan fingerprint density at radius 2 is 2.05 bits per heavy atom. The smallest absolute Gasteiger partial charge is 0.311 e. The summed E-state index contributed by atoms with van der Waals surface area (Å²) in [5.74, 6) is -0.449. The van der Waals surface area contributed by atoms with Crippen LogP contribution in [0.15, 0.2) is 55.1 Å². The van der Waals surface area contributed by atoms with E-state index in [2.05, 4.69) is 6.58 Å². The molecule has 0 amide bonds. The molecule has 1 atom stereocenters. The molecule has 0 saturated heterocycles. The van der Waals surface area contributed by atoms with Crippen molar-refractivity contribution in [3.05, 3.63) is 60.7 Å². The van der Waals surface area contributed by atoms with E-state index in [4.69, 9.17) is 10.00 Å². The van der Waals surface area contributed by atoms with E-state index in [1.807, 2.05) is 42.5 Å². The van der Waals surface area contributed by atoms with Crippen LogP contribution in [-0.4, -0.2) is 5.97 Å². The summed E-state index contributed by atoms with van der Waals surface area (Å²) >= 11 is 0. The van der Waals surface area contributed by atoms with Gasteiger partial charge >= 0.3 is 5.97 Å². The van der Waals surface area contributed by atoms with Gasteiger partial charge in [-0.3, -0.25) is 4.79 Å². The Morgan fingerprint density at radius 1 is 1.32 bits per heavy atom. The fourth-order valence-corrected chi connectivity index (χ4v) is 1.84. The lowest BCUT2D eigenvalue weighted by Crippen LogP contribution is -2.09. The number of nitrogens with zero attached hydrogens (tertiary/aromatic N) is 1. The van der Waals surface area contributed by atoms with Gasteiger partial charge in [-0.2, -0.15) is 5.26 Å². The molecule has 0 bridgehead atoms. The van der Waals surface area contributed by atoms with E-state index in [9.17, 15) is 4.79 Å². The molecule has 0 radical (unpaired) electrons. The molecule has 94 valence electrons. The topological polar surface area (TPSA) is 50.1 Å². The van der Waals surface area contributed by atoms with Gasteiger partial charge in [0.25, 0.3) is 0 Å². The lowest BCUT2D eigenvalue weighted by atomic mass is 10.0. The van der Waals surface area contributed by atoms with E-state index in [1.165, 1.54) is 6.08 Å². The molecule has 3 nitrogen and oxygen atoms in total. The van der Waals surface area contributed by atoms with E-state index >= 15 is 0 Å². The van der Waals surface area contributed by atoms with Crippen LogP contribution in [0, 0.1) is 11.3 Å². The van der Waals surface area contributed by atoms with Crippen molar-refractivity contribution in [2.24, 2.45) is 0 Å². The Bertz CT molecular complexity index is 655. The highest BCUT2D eigenvalue weighted by atomic mass is 16.5. The third-order valence-electron chi connectivity index (χ3n) is 2.75. The van der Waals surface area contributed by atoms with Crippen LogP contribution in [0.5, 0.6) is 0 Å². The number of fused-ring (bicyclic) bond motifs is 1. The van der Waals surface area contributed by atoms with Crippen molar-refractivity contribution in [3.63, 3.8) is 0 Å². The largest absolute Gasteiger partial charge is 0.442 e. The second-order valence-corrected chi connectivity index (χ2v) is 4.10. The maximum absolute atomic E-state index is 11.4. The zero-order valence-electron chi connectivity index (χ0n) is 10.4. The number of hydrogen-bond acceptors (Lipinski definition) is 3. The van der Waals surface area contributed by atoms with Gasteiger partial charge in [0, 0.05) is 5.56 Å². The number of rotatable bonds is 4. The van der Waals surface area contributed by atoms with Crippen molar-refractivity contribution < 1.29 is 9.53 Å². The number of carbonyl (C=O) groups is 1. The van der Waals surface area contributed by atoms with Gasteiger partial charge in [-0.25, -0.2) is 0 Å². The maximum atomic E-state index is 11.4. The summed E-state index contributed by atoms with van der Waals surface area (Å²) in [7, 11) is 0. The highest BCUT2D eigenvalue weighted by molar-refractivity contribution is 5.83. The van der Waals surface area contributed by atoms with Crippen LogP contribution in [0.1, 0.15) is 18.1 Å². The highest BCUT2D eigenvalue weighted by Gasteiger charge is 2.15. The molecule has 0 spiro atoms. The average Bonchev–Trinajstić information content (AvgIpc) is 2.44. The Labute approximate surface area is 111 Å². The molecular weight excluding hydrogens is 238 g/mol. The number of ether oxygens (including phenoxy) is 1. The Morgan fingerprint density at radius 3 is 2.74 bits per heavy atom. The molecule has 2 rings (SSSR count). The summed E-state index contributed by atoms with van der Waals surface area (Å²) in [6.07, 6.45) is 0.681. The van der Waals surface area contributed by atoms with Gasteiger partial charge in [0.05, 0.1) is 6.42 Å². The Kier molecular flexibility index (Phi) is 3.94. The van der Waals surface area contributed by atoms with Crippen molar-refractivity contribution in [3.8, 4) is 6.07 Å². The minimum Gasteiger partial charge on any atom is -0.442 e. The molecule has 19 heavy (non-hydrogen) atoms. The minimum atomic E-state index is -0.878. The zero-order chi connectivity index (χ0) is 13.7. The number of esters is 1. The number of nitriles is 1. The van der Waals surface area contributed by atoms with Crippen molar-refractivity contribution >= 4 is 16.7 Å². The molecule has 0 fully saturated rings. The van der Waals surface area contributed by atoms with Gasteiger partial charge in [0.2, 0.25) is 6.10 Å². The van der Waals surface area contributed by atoms with Crippen molar-refractivity contribution in [1.82, 2.24) is 0 Å². The van der Waals surface area contributed by atoms with Crippen LogP contribution < -0.4 is 0 Å². The predicted molar refractivity (Wildman–Crippen MR) is 73.2 cm³/mol. The fourth-order valence-electron chi connectivity index (χ4n) is 1.84. The average molecular weight is 251 g/mol. The van der Waals surface area contributed by atoms with E-state index < -0.39 is 12.1 Å². The first-order valence-electron chi connectivity index (χ1n) is 5.93. The summed E-state index contributed by atoms with van der Waals surface area (Å²) in [5, 5.41) is 11.2. The monoisotopic (exact) mass is 251 g/mol. The summed E-state index contributed by atoms with van der Waals surface area (Å²) in [6.45, 7) is 3.46. The van der Waals surface area contributed by atoms with E-state index in [1.54, 1.807) is 6.07 Å². The summed E-state index contributed by atoms with van der Waals surface area (Å²) < 4.78 is 5.10. The zero-order valence-corrected chi connectivity index (χ0v) is 10.4. The van der Waals surface area contributed by atoms with E-state index in [-0.39, 0.29) is 6.42 Å². The second kappa shape index (κ2) is 5.83. The molecule has 3 heteroatoms. The first-order valence-corrected chi connectivity index (χ1v) is 5.93. The third kappa shape index (κ3) is 2.99. The summed E-state index contributed by atoms with van der Waals surface area (Å²) in [4.78, 5) is 11.4. The highest BCUT2D eigenvalue weighted by Crippen LogP contribution is 2.22. The van der Waals surface area contributed by atoms with Crippen molar-refractivity contribution in [1.29, 1.82) is 5.26 Å². The number of benzene rings is 2. The number of carbonyl (C=O) groups excluding carboxylic acids is 1. The van der Waals surface area contributed by atoms with Crippen LogP contribution in [0.2, 0.25) is 0 Å². The van der Waals surface area contributed by atoms with Crippen LogP contribution in [0.3, 0.4) is 0 Å². The van der Waals surface area contributed by atoms with Gasteiger partial charge in [0.1, 0.15) is 6.07 Å². The van der Waals surface area contributed by atoms with Gasteiger partial charge in [-0.05, 0) is 16.8 Å². The molecule has 0 aromatic heterocycles. The van der Waals surface area contributed by atoms with Crippen molar-refractivity contribution in [2.75, 3.05) is 0 Å². The lowest BCUT2D eigenvalue weighted by molar-refractivity contribution is -0.145. The van der Waals surface area contributed by atoms with Gasteiger partial charge in [-0.15, -0.1) is 6.58 Å². The minimum absolute atomic E-state index is 0.103. The molecule has 0 aliphatic carbocycles.